The van der Waals surface area contributed by atoms with Crippen LogP contribution in [-0.4, -0.2) is 56.3 Å². The molecule has 1 aliphatic rings. The number of likely N-dealkylation sites (N-methyl/N-ethyl adjacent to an activating group) is 1. The maximum atomic E-state index is 12.8. The lowest BCUT2D eigenvalue weighted by molar-refractivity contribution is -0.126. The van der Waals surface area contributed by atoms with Crippen LogP contribution in [0.3, 0.4) is 0 Å². The van der Waals surface area contributed by atoms with Crippen LogP contribution in [0.15, 0.2) is 38.5 Å². The van der Waals surface area contributed by atoms with E-state index in [9.17, 15) is 13.2 Å². The second kappa shape index (κ2) is 10.2. The van der Waals surface area contributed by atoms with Crippen LogP contribution in [-0.2, 0) is 14.8 Å². The summed E-state index contributed by atoms with van der Waals surface area (Å²) in [5.41, 5.74) is 1.23. The van der Waals surface area contributed by atoms with Crippen LogP contribution in [0, 0.1) is 5.92 Å². The Morgan fingerprint density at radius 1 is 1.24 bits per heavy atom. The lowest BCUT2D eigenvalue weighted by atomic mass is 9.97. The largest absolute Gasteiger partial charge is 0.354 e. The number of hydrogen-bond donors (Lipinski definition) is 1. The quantitative estimate of drug-likeness (QED) is 0.629. The minimum atomic E-state index is -3.43. The van der Waals surface area contributed by atoms with Gasteiger partial charge in [0.2, 0.25) is 5.91 Å². The van der Waals surface area contributed by atoms with Crippen molar-refractivity contribution in [1.82, 2.24) is 14.5 Å². The van der Waals surface area contributed by atoms with Crippen molar-refractivity contribution in [2.45, 2.75) is 36.9 Å². The van der Waals surface area contributed by atoms with Gasteiger partial charge in [0.1, 0.15) is 4.21 Å². The van der Waals surface area contributed by atoms with Crippen LogP contribution in [0.5, 0.6) is 0 Å². The summed E-state index contributed by atoms with van der Waals surface area (Å²) in [6.45, 7) is 7.47. The third-order valence-corrected chi connectivity index (χ3v) is 9.54. The highest BCUT2D eigenvalue weighted by Gasteiger charge is 2.33. The first kappa shape index (κ1) is 22.4. The Kier molecular flexibility index (Phi) is 7.86. The molecule has 1 aliphatic heterocycles. The number of amides is 1. The van der Waals surface area contributed by atoms with Gasteiger partial charge < -0.3 is 5.32 Å². The standard InChI is InChI=1S/C20H29N3O3S3/c1-3-22(4-2)18(17-9-13-27-15-17)14-21-20(24)16-7-10-23(11-8-16)29(25,26)19-6-5-12-28-19/h5-6,9,12-13,15-16,18H,3-4,7-8,10-11,14H2,1-2H3,(H,21,24). The molecule has 0 saturated carbocycles. The van der Waals surface area contributed by atoms with E-state index < -0.39 is 10.0 Å². The van der Waals surface area contributed by atoms with E-state index in [1.54, 1.807) is 28.8 Å². The predicted molar refractivity (Wildman–Crippen MR) is 119 cm³/mol. The normalized spacial score (nSPS) is 17.5. The van der Waals surface area contributed by atoms with E-state index in [2.05, 4.69) is 40.9 Å². The predicted octanol–water partition coefficient (Wildman–Crippen LogP) is 3.41. The summed E-state index contributed by atoms with van der Waals surface area (Å²) in [6.07, 6.45) is 1.12. The Morgan fingerprint density at radius 3 is 2.52 bits per heavy atom. The molecule has 1 N–H and O–H groups in total. The summed E-state index contributed by atoms with van der Waals surface area (Å²) in [4.78, 5) is 15.1. The van der Waals surface area contributed by atoms with Gasteiger partial charge in [-0.3, -0.25) is 9.69 Å². The van der Waals surface area contributed by atoms with Crippen molar-refractivity contribution < 1.29 is 13.2 Å². The number of rotatable bonds is 9. The zero-order valence-corrected chi connectivity index (χ0v) is 19.4. The maximum absolute atomic E-state index is 12.8. The number of carbonyl (C=O) groups excluding carboxylic acids is 1. The van der Waals surface area contributed by atoms with E-state index >= 15 is 0 Å². The summed E-state index contributed by atoms with van der Waals surface area (Å²) in [7, 11) is -3.43. The van der Waals surface area contributed by atoms with Crippen LogP contribution in [0.2, 0.25) is 0 Å². The second-order valence-corrected chi connectivity index (χ2v) is 11.0. The third-order valence-electron chi connectivity index (χ3n) is 5.56. The minimum Gasteiger partial charge on any atom is -0.354 e. The molecule has 2 aromatic rings. The number of hydrogen-bond acceptors (Lipinski definition) is 6. The molecule has 1 amide bonds. The summed E-state index contributed by atoms with van der Waals surface area (Å²) in [5.74, 6) is -0.102. The number of thiophene rings is 2. The molecule has 0 bridgehead atoms. The summed E-state index contributed by atoms with van der Waals surface area (Å²) >= 11 is 2.90. The van der Waals surface area contributed by atoms with E-state index in [1.165, 1.54) is 21.2 Å². The Bertz CT molecular complexity index is 854. The van der Waals surface area contributed by atoms with Gasteiger partial charge in [-0.15, -0.1) is 11.3 Å². The van der Waals surface area contributed by atoms with Gasteiger partial charge in [-0.25, -0.2) is 8.42 Å². The van der Waals surface area contributed by atoms with Crippen LogP contribution >= 0.6 is 22.7 Å². The van der Waals surface area contributed by atoms with Crippen LogP contribution in [0.25, 0.3) is 0 Å². The van der Waals surface area contributed by atoms with Crippen LogP contribution in [0.1, 0.15) is 38.3 Å². The van der Waals surface area contributed by atoms with Crippen LogP contribution < -0.4 is 5.32 Å². The monoisotopic (exact) mass is 455 g/mol. The number of piperidine rings is 1. The lowest BCUT2D eigenvalue weighted by Gasteiger charge is -2.32. The second-order valence-electron chi connectivity index (χ2n) is 7.15. The van der Waals surface area contributed by atoms with E-state index in [1.807, 2.05) is 0 Å². The van der Waals surface area contributed by atoms with Crippen molar-refractivity contribution in [3.63, 3.8) is 0 Å². The molecule has 1 fully saturated rings. The molecule has 3 heterocycles. The molecule has 29 heavy (non-hydrogen) atoms. The molecule has 1 saturated heterocycles. The number of nitrogens with zero attached hydrogens (tertiary/aromatic N) is 2. The fraction of sp³-hybridized carbons (Fsp3) is 0.550. The summed E-state index contributed by atoms with van der Waals surface area (Å²) < 4.78 is 27.2. The molecule has 0 radical (unpaired) electrons. The Balaban J connectivity index is 1.55. The molecule has 0 aliphatic carbocycles. The van der Waals surface area contributed by atoms with E-state index in [0.29, 0.717) is 36.7 Å². The number of carbonyl (C=O) groups is 1. The van der Waals surface area contributed by atoms with Gasteiger partial charge in [-0.05, 0) is 59.8 Å². The highest BCUT2D eigenvalue weighted by Crippen LogP contribution is 2.27. The molecule has 160 valence electrons. The van der Waals surface area contributed by atoms with E-state index in [4.69, 9.17) is 0 Å². The topological polar surface area (TPSA) is 69.7 Å². The van der Waals surface area contributed by atoms with Crippen molar-refractivity contribution in [2.75, 3.05) is 32.7 Å². The molecule has 1 atom stereocenters. The van der Waals surface area contributed by atoms with Crippen molar-refractivity contribution in [2.24, 2.45) is 5.92 Å². The summed E-state index contributed by atoms with van der Waals surface area (Å²) in [5, 5.41) is 9.11. The molecule has 1 unspecified atom stereocenters. The van der Waals surface area contributed by atoms with Gasteiger partial charge in [0.05, 0.1) is 6.04 Å². The molecule has 9 heteroatoms. The molecule has 0 spiro atoms. The SMILES string of the molecule is CCN(CC)C(CNC(=O)C1CCN(S(=O)(=O)c2cccs2)CC1)c1ccsc1. The minimum absolute atomic E-state index is 0.0329. The lowest BCUT2D eigenvalue weighted by Crippen LogP contribution is -2.44. The van der Waals surface area contributed by atoms with Crippen molar-refractivity contribution in [3.8, 4) is 0 Å². The zero-order valence-electron chi connectivity index (χ0n) is 16.9. The van der Waals surface area contributed by atoms with Crippen molar-refractivity contribution >= 4 is 38.6 Å². The fourth-order valence-electron chi connectivity index (χ4n) is 3.82. The number of sulfonamides is 1. The van der Waals surface area contributed by atoms with Gasteiger partial charge in [-0.2, -0.15) is 15.6 Å². The molecule has 2 aromatic heterocycles. The van der Waals surface area contributed by atoms with Gasteiger partial charge in [0.15, 0.2) is 0 Å². The average Bonchev–Trinajstić information content (AvgIpc) is 3.45. The maximum Gasteiger partial charge on any atom is 0.252 e. The van der Waals surface area contributed by atoms with Crippen molar-refractivity contribution in [3.05, 3.63) is 39.9 Å². The Labute approximate surface area is 181 Å². The molecular formula is C20H29N3O3S3. The van der Waals surface area contributed by atoms with Gasteiger partial charge in [0.25, 0.3) is 10.0 Å². The van der Waals surface area contributed by atoms with E-state index in [-0.39, 0.29) is 17.9 Å². The van der Waals surface area contributed by atoms with Crippen molar-refractivity contribution in [1.29, 1.82) is 0 Å². The molecule has 6 nitrogen and oxygen atoms in total. The fourth-order valence-corrected chi connectivity index (χ4v) is 7.15. The van der Waals surface area contributed by atoms with E-state index in [0.717, 1.165) is 13.1 Å². The first-order valence-corrected chi connectivity index (χ1v) is 13.3. The van der Waals surface area contributed by atoms with Gasteiger partial charge >= 0.3 is 0 Å². The summed E-state index contributed by atoms with van der Waals surface area (Å²) in [6, 6.07) is 5.67. The van der Waals surface area contributed by atoms with Gasteiger partial charge in [-0.1, -0.05) is 19.9 Å². The van der Waals surface area contributed by atoms with Gasteiger partial charge in [0, 0.05) is 25.6 Å². The molecule has 3 rings (SSSR count). The third kappa shape index (κ3) is 5.27. The number of nitrogens with one attached hydrogen (secondary N) is 1. The highest BCUT2D eigenvalue weighted by molar-refractivity contribution is 7.91. The highest BCUT2D eigenvalue weighted by atomic mass is 32.2. The first-order chi connectivity index (χ1) is 14.0. The average molecular weight is 456 g/mol. The first-order valence-electron chi connectivity index (χ1n) is 10.0. The van der Waals surface area contributed by atoms with Crippen LogP contribution in [0.4, 0.5) is 0 Å². The zero-order chi connectivity index (χ0) is 20.9. The Morgan fingerprint density at radius 2 is 1.97 bits per heavy atom. The molecular weight excluding hydrogens is 426 g/mol. The Hall–Kier alpha value is -1.26. The smallest absolute Gasteiger partial charge is 0.252 e. The molecule has 0 aromatic carbocycles.